The molecular weight excluding hydrogens is 787 g/mol. The number of ether oxygens (including phenoxy) is 2. The number of carbonyl (C=O) groups excluding carboxylic acids is 1. The zero-order chi connectivity index (χ0) is 44.5. The third-order valence-electron chi connectivity index (χ3n) is 11.4. The van der Waals surface area contributed by atoms with Crippen molar-refractivity contribution in [2.45, 2.75) is 230 Å². The van der Waals surface area contributed by atoms with Crippen molar-refractivity contribution in [3.8, 4) is 0 Å². The molecule has 13 nitrogen and oxygen atoms in total. The molecule has 1 heterocycles. The highest BCUT2D eigenvalue weighted by Gasteiger charge is 2.45. The predicted octanol–water partition coefficient (Wildman–Crippen LogP) is 8.62. The van der Waals surface area contributed by atoms with Gasteiger partial charge in [-0.05, 0) is 19.3 Å². The van der Waals surface area contributed by atoms with E-state index in [-0.39, 0.29) is 19.1 Å². The number of likely N-dealkylation sites (N-methyl/N-ethyl adjacent to an activating group) is 1. The lowest BCUT2D eigenvalue weighted by Gasteiger charge is -2.40. The topological polar surface area (TPSA) is 184 Å². The van der Waals surface area contributed by atoms with E-state index in [0.717, 1.165) is 44.9 Å². The standard InChI is InChI=1S/C46H91N2O11P/c1-6-8-10-12-14-16-18-20-22-24-26-28-30-32-34-42(50)47-39(40(49)33-31-29-27-25-23-21-19-17-15-13-11-9-7-2)37-56-46-45(53)44(52)43(51)41(59-46)38-58-60(54,55)57-36-35-48(3,4)5/h31,33,39-41,43-46,49,51-53H,6-30,32,34-38H2,1-5H3,(H-,47,50,54,55)/p+1/b33-31+/t39-,40+,41+,43-,44-,45+,46+/m0/s1. The van der Waals surface area contributed by atoms with E-state index >= 15 is 0 Å². The lowest BCUT2D eigenvalue weighted by atomic mass is 9.99. The van der Waals surface area contributed by atoms with E-state index in [1.54, 1.807) is 6.08 Å². The second kappa shape index (κ2) is 35.4. The number of nitrogens with one attached hydrogen (secondary N) is 1. The van der Waals surface area contributed by atoms with Crippen LogP contribution in [0, 0.1) is 0 Å². The van der Waals surface area contributed by atoms with Gasteiger partial charge in [-0.25, -0.2) is 4.57 Å². The SMILES string of the molecule is CCCCCCCCCCCCC/C=C/[C@@H](O)[C@H](CO[C@@H]1O[C@H](COP(=O)(O)OCC[N+](C)(C)C)[C@H](O)[C@H](O)[C@H]1O)NC(=O)CCCCCCCCCCCCCCCC. The van der Waals surface area contributed by atoms with Crippen LogP contribution >= 0.6 is 7.82 Å². The van der Waals surface area contributed by atoms with E-state index < -0.39 is 57.3 Å². The number of nitrogens with zero attached hydrogens (tertiary/aromatic N) is 1. The molecule has 0 aromatic heterocycles. The molecule has 1 aliphatic heterocycles. The summed E-state index contributed by atoms with van der Waals surface area (Å²) in [4.78, 5) is 23.3. The van der Waals surface area contributed by atoms with E-state index in [2.05, 4.69) is 19.2 Å². The third kappa shape index (κ3) is 30.2. The third-order valence-corrected chi connectivity index (χ3v) is 12.3. The van der Waals surface area contributed by atoms with Gasteiger partial charge in [-0.1, -0.05) is 174 Å². The second-order valence-corrected chi connectivity index (χ2v) is 19.7. The predicted molar refractivity (Wildman–Crippen MR) is 240 cm³/mol. The Bertz CT molecular complexity index is 1110. The van der Waals surface area contributed by atoms with Crippen molar-refractivity contribution in [3.63, 3.8) is 0 Å². The highest BCUT2D eigenvalue weighted by atomic mass is 31.2. The average Bonchev–Trinajstić information content (AvgIpc) is 3.20. The molecule has 0 bridgehead atoms. The molecule has 0 aromatic rings. The van der Waals surface area contributed by atoms with Crippen LogP contribution in [0.1, 0.15) is 187 Å². The van der Waals surface area contributed by atoms with Crippen molar-refractivity contribution >= 4 is 13.7 Å². The zero-order valence-corrected chi connectivity index (χ0v) is 39.6. The van der Waals surface area contributed by atoms with Crippen molar-refractivity contribution in [1.82, 2.24) is 5.32 Å². The van der Waals surface area contributed by atoms with Crippen LogP contribution in [-0.4, -0.2) is 126 Å². The van der Waals surface area contributed by atoms with E-state index in [1.807, 2.05) is 27.2 Å². The number of hydrogen-bond acceptors (Lipinski definition) is 10. The molecule has 0 spiro atoms. The molecule has 8 atom stereocenters. The smallest absolute Gasteiger partial charge is 0.387 e. The first kappa shape index (κ1) is 57.1. The van der Waals surface area contributed by atoms with Gasteiger partial charge >= 0.3 is 7.82 Å². The van der Waals surface area contributed by atoms with Crippen LogP contribution in [0.5, 0.6) is 0 Å². The van der Waals surface area contributed by atoms with Crippen molar-refractivity contribution in [1.29, 1.82) is 0 Å². The number of carbonyl (C=O) groups is 1. The summed E-state index contributed by atoms with van der Waals surface area (Å²) in [5.74, 6) is -0.226. The number of amides is 1. The molecule has 1 saturated heterocycles. The number of rotatable bonds is 40. The zero-order valence-electron chi connectivity index (χ0n) is 38.7. The summed E-state index contributed by atoms with van der Waals surface area (Å²) in [7, 11) is 1.18. The Labute approximate surface area is 365 Å². The van der Waals surface area contributed by atoms with E-state index in [9.17, 15) is 34.7 Å². The van der Waals surface area contributed by atoms with Gasteiger partial charge in [-0.3, -0.25) is 13.8 Å². The van der Waals surface area contributed by atoms with Crippen LogP contribution in [0.3, 0.4) is 0 Å². The molecule has 1 unspecified atom stereocenters. The molecule has 0 aliphatic carbocycles. The lowest BCUT2D eigenvalue weighted by molar-refractivity contribution is -0.870. The summed E-state index contributed by atoms with van der Waals surface area (Å²) in [6, 6.07) is -0.889. The number of phosphoric acid groups is 1. The molecule has 14 heteroatoms. The lowest BCUT2D eigenvalue weighted by Crippen LogP contribution is -2.60. The second-order valence-electron chi connectivity index (χ2n) is 18.2. The fourth-order valence-corrected chi connectivity index (χ4v) is 8.03. The largest absolute Gasteiger partial charge is 0.472 e. The Morgan fingerprint density at radius 3 is 1.65 bits per heavy atom. The van der Waals surface area contributed by atoms with Gasteiger partial charge < -0.3 is 44.6 Å². The van der Waals surface area contributed by atoms with E-state index in [0.29, 0.717) is 17.4 Å². The van der Waals surface area contributed by atoms with Gasteiger partial charge in [0, 0.05) is 6.42 Å². The maximum Gasteiger partial charge on any atom is 0.472 e. The molecule has 1 fully saturated rings. The molecular formula is C46H92N2O11P+. The number of allylic oxidation sites excluding steroid dienone is 1. The minimum absolute atomic E-state index is 0.0545. The van der Waals surface area contributed by atoms with Crippen LogP contribution in [0.4, 0.5) is 0 Å². The van der Waals surface area contributed by atoms with Gasteiger partial charge in [0.15, 0.2) is 6.29 Å². The van der Waals surface area contributed by atoms with E-state index in [4.69, 9.17) is 18.5 Å². The Hall–Kier alpha value is -0.960. The van der Waals surface area contributed by atoms with Crippen molar-refractivity contribution < 1.29 is 57.7 Å². The van der Waals surface area contributed by atoms with Gasteiger partial charge in [0.2, 0.25) is 5.91 Å². The summed E-state index contributed by atoms with van der Waals surface area (Å²) in [5, 5.41) is 46.0. The molecule has 0 radical (unpaired) electrons. The maximum atomic E-state index is 13.1. The van der Waals surface area contributed by atoms with Crippen LogP contribution in [0.25, 0.3) is 0 Å². The highest BCUT2D eigenvalue weighted by Crippen LogP contribution is 2.43. The Kier molecular flexibility index (Phi) is 33.7. The molecule has 1 amide bonds. The van der Waals surface area contributed by atoms with Gasteiger partial charge in [0.05, 0.1) is 46.5 Å². The normalized spacial score (nSPS) is 21.9. The van der Waals surface area contributed by atoms with Crippen LogP contribution in [0.15, 0.2) is 12.2 Å². The Balaban J connectivity index is 2.66. The first-order chi connectivity index (χ1) is 28.7. The fraction of sp³-hybridized carbons (Fsp3) is 0.935. The summed E-state index contributed by atoms with van der Waals surface area (Å²) in [6.45, 7) is 3.96. The Morgan fingerprint density at radius 2 is 1.17 bits per heavy atom. The highest BCUT2D eigenvalue weighted by molar-refractivity contribution is 7.47. The summed E-state index contributed by atoms with van der Waals surface area (Å²) in [6.07, 6.45) is 26.4. The number of aliphatic hydroxyl groups excluding tert-OH is 4. The van der Waals surface area contributed by atoms with Crippen LogP contribution in [0.2, 0.25) is 0 Å². The number of hydrogen-bond donors (Lipinski definition) is 6. The molecule has 0 aromatic carbocycles. The van der Waals surface area contributed by atoms with Crippen molar-refractivity contribution in [3.05, 3.63) is 12.2 Å². The quantitative estimate of drug-likeness (QED) is 0.0150. The van der Waals surface area contributed by atoms with Crippen molar-refractivity contribution in [2.75, 3.05) is 47.5 Å². The monoisotopic (exact) mass is 880 g/mol. The molecule has 1 aliphatic rings. The summed E-state index contributed by atoms with van der Waals surface area (Å²) in [5.41, 5.74) is 0. The first-order valence-corrected chi connectivity index (χ1v) is 25.6. The number of unbranched alkanes of at least 4 members (excludes halogenated alkanes) is 24. The van der Waals surface area contributed by atoms with Gasteiger partial charge in [-0.2, -0.15) is 0 Å². The van der Waals surface area contributed by atoms with Gasteiger partial charge in [-0.15, -0.1) is 0 Å². The minimum atomic E-state index is -4.52. The molecule has 6 N–H and O–H groups in total. The number of aliphatic hydroxyl groups is 4. The van der Waals surface area contributed by atoms with Crippen molar-refractivity contribution in [2.24, 2.45) is 0 Å². The molecule has 1 rings (SSSR count). The molecule has 60 heavy (non-hydrogen) atoms. The van der Waals surface area contributed by atoms with Crippen LogP contribution < -0.4 is 5.32 Å². The first-order valence-electron chi connectivity index (χ1n) is 24.1. The molecule has 0 saturated carbocycles. The van der Waals surface area contributed by atoms with E-state index in [1.165, 1.54) is 122 Å². The summed E-state index contributed by atoms with van der Waals surface area (Å²) >= 11 is 0. The number of quaternary nitrogens is 1. The van der Waals surface area contributed by atoms with Crippen LogP contribution in [-0.2, 0) is 27.9 Å². The van der Waals surface area contributed by atoms with Gasteiger partial charge in [0.1, 0.15) is 37.6 Å². The fourth-order valence-electron chi connectivity index (χ4n) is 7.31. The molecule has 356 valence electrons. The minimum Gasteiger partial charge on any atom is -0.387 e. The average molecular weight is 880 g/mol. The van der Waals surface area contributed by atoms with Gasteiger partial charge in [0.25, 0.3) is 0 Å². The summed E-state index contributed by atoms with van der Waals surface area (Å²) < 4.78 is 34.6. The maximum absolute atomic E-state index is 13.1. The Morgan fingerprint density at radius 1 is 0.700 bits per heavy atom. The number of phosphoric ester groups is 1.